The first-order chi connectivity index (χ1) is 21.3. The number of aryl methyl sites for hydroxylation is 1. The molecule has 4 atom stereocenters. The summed E-state index contributed by atoms with van der Waals surface area (Å²) < 4.78 is 28.5. The first-order valence-electron chi connectivity index (χ1n) is 14.8. The minimum absolute atomic E-state index is 0.251. The summed E-state index contributed by atoms with van der Waals surface area (Å²) in [6.07, 6.45) is 0. The molecule has 2 saturated heterocycles. The molecule has 2 fully saturated rings. The van der Waals surface area contributed by atoms with Crippen molar-refractivity contribution in [2.75, 3.05) is 26.2 Å². The molecule has 4 aromatic rings. The molecule has 6 nitrogen and oxygen atoms in total. The van der Waals surface area contributed by atoms with Crippen LogP contribution in [0.15, 0.2) is 103 Å². The molecule has 224 valence electrons. The van der Waals surface area contributed by atoms with Crippen LogP contribution >= 0.6 is 0 Å². The van der Waals surface area contributed by atoms with Gasteiger partial charge in [-0.1, -0.05) is 66.2 Å². The number of Topliss-reactive ketones (excluding diaryl/α,β-unsaturated/α-hetero) is 1. The van der Waals surface area contributed by atoms with Gasteiger partial charge in [0.2, 0.25) is 5.91 Å². The van der Waals surface area contributed by atoms with E-state index in [2.05, 4.69) is 5.32 Å². The molecular formula is C36H33F2N3O3. The molecule has 4 aromatic carbocycles. The Kier molecular flexibility index (Phi) is 8.35. The van der Waals surface area contributed by atoms with Gasteiger partial charge in [-0.05, 0) is 60.5 Å². The number of halogens is 2. The van der Waals surface area contributed by atoms with Crippen molar-refractivity contribution in [2.24, 2.45) is 5.92 Å². The molecule has 2 aliphatic rings. The first kappa shape index (κ1) is 29.4. The van der Waals surface area contributed by atoms with E-state index in [0.29, 0.717) is 48.4 Å². The van der Waals surface area contributed by atoms with E-state index in [9.17, 15) is 23.2 Å². The predicted molar refractivity (Wildman–Crippen MR) is 163 cm³/mol. The number of likely N-dealkylation sites (tertiary alicyclic amines) is 1. The smallest absolute Gasteiger partial charge is 0.255 e. The number of nitrogens with zero attached hydrogens (tertiary/aromatic N) is 2. The molecule has 6 rings (SSSR count). The summed E-state index contributed by atoms with van der Waals surface area (Å²) in [6, 6.07) is 25.4. The second-order valence-electron chi connectivity index (χ2n) is 11.4. The SMILES string of the molecule is Cc1cccc(C(=O)C2C(c3ccc(F)cc3)C(C(=O)N3CCNCC3)N(C(=O)c3ccccc3)C2c2ccc(F)cc2)c1. The van der Waals surface area contributed by atoms with Crippen LogP contribution in [0, 0.1) is 24.5 Å². The molecule has 0 saturated carbocycles. The molecule has 0 radical (unpaired) electrons. The van der Waals surface area contributed by atoms with Gasteiger partial charge >= 0.3 is 0 Å². The average Bonchev–Trinajstić information content (AvgIpc) is 3.41. The Balaban J connectivity index is 1.61. The lowest BCUT2D eigenvalue weighted by molar-refractivity contribution is -0.136. The van der Waals surface area contributed by atoms with E-state index in [-0.39, 0.29) is 11.7 Å². The van der Waals surface area contributed by atoms with Gasteiger partial charge in [-0.2, -0.15) is 0 Å². The number of carbonyl (C=O) groups excluding carboxylic acids is 3. The number of hydrogen-bond acceptors (Lipinski definition) is 4. The molecule has 2 aliphatic heterocycles. The Morgan fingerprint density at radius 2 is 1.32 bits per heavy atom. The quantitative estimate of drug-likeness (QED) is 0.298. The minimum Gasteiger partial charge on any atom is -0.338 e. The lowest BCUT2D eigenvalue weighted by atomic mass is 9.75. The fourth-order valence-corrected chi connectivity index (χ4v) is 6.64. The summed E-state index contributed by atoms with van der Waals surface area (Å²) in [5.74, 6) is -3.61. The monoisotopic (exact) mass is 593 g/mol. The molecule has 0 aliphatic carbocycles. The number of carbonyl (C=O) groups is 3. The second-order valence-corrected chi connectivity index (χ2v) is 11.4. The van der Waals surface area contributed by atoms with Gasteiger partial charge in [-0.15, -0.1) is 0 Å². The van der Waals surface area contributed by atoms with Crippen LogP contribution in [-0.4, -0.2) is 59.6 Å². The number of benzene rings is 4. The fraction of sp³-hybridized carbons (Fsp3) is 0.250. The number of nitrogens with one attached hydrogen (secondary N) is 1. The van der Waals surface area contributed by atoms with Crippen molar-refractivity contribution >= 4 is 17.6 Å². The maximum absolute atomic E-state index is 14.7. The molecule has 0 aromatic heterocycles. The Morgan fingerprint density at radius 3 is 1.93 bits per heavy atom. The Labute approximate surface area is 255 Å². The highest BCUT2D eigenvalue weighted by Crippen LogP contribution is 2.52. The fourth-order valence-electron chi connectivity index (χ4n) is 6.64. The van der Waals surface area contributed by atoms with Crippen LogP contribution in [0.1, 0.15) is 49.4 Å². The second kappa shape index (κ2) is 12.5. The molecule has 2 amide bonds. The normalized spacial score (nSPS) is 21.7. The van der Waals surface area contributed by atoms with Gasteiger partial charge in [0.05, 0.1) is 12.0 Å². The van der Waals surface area contributed by atoms with Gasteiger partial charge in [0, 0.05) is 43.2 Å². The van der Waals surface area contributed by atoms with E-state index < -0.39 is 41.5 Å². The molecule has 0 spiro atoms. The first-order valence-corrected chi connectivity index (χ1v) is 14.8. The van der Waals surface area contributed by atoms with Crippen LogP contribution in [-0.2, 0) is 4.79 Å². The third-order valence-corrected chi connectivity index (χ3v) is 8.68. The van der Waals surface area contributed by atoms with Gasteiger partial charge in [-0.25, -0.2) is 8.78 Å². The molecule has 44 heavy (non-hydrogen) atoms. The van der Waals surface area contributed by atoms with Crippen molar-refractivity contribution < 1.29 is 23.2 Å². The van der Waals surface area contributed by atoms with E-state index in [0.717, 1.165) is 5.56 Å². The van der Waals surface area contributed by atoms with Crippen LogP contribution in [0.2, 0.25) is 0 Å². The summed E-state index contributed by atoms with van der Waals surface area (Å²) in [4.78, 5) is 47.2. The van der Waals surface area contributed by atoms with E-state index in [4.69, 9.17) is 0 Å². The van der Waals surface area contributed by atoms with Gasteiger partial charge < -0.3 is 15.1 Å². The zero-order valence-corrected chi connectivity index (χ0v) is 24.3. The molecule has 8 heteroatoms. The van der Waals surface area contributed by atoms with E-state index in [1.165, 1.54) is 29.2 Å². The van der Waals surface area contributed by atoms with Crippen molar-refractivity contribution in [3.63, 3.8) is 0 Å². The summed E-state index contributed by atoms with van der Waals surface area (Å²) in [5, 5.41) is 3.26. The molecule has 2 heterocycles. The number of amides is 2. The van der Waals surface area contributed by atoms with Gasteiger partial charge in [0.15, 0.2) is 5.78 Å². The van der Waals surface area contributed by atoms with E-state index in [1.807, 2.05) is 13.0 Å². The molecular weight excluding hydrogens is 560 g/mol. The van der Waals surface area contributed by atoms with Crippen molar-refractivity contribution in [3.8, 4) is 0 Å². The summed E-state index contributed by atoms with van der Waals surface area (Å²) in [5.41, 5.74) is 2.79. The zero-order valence-electron chi connectivity index (χ0n) is 24.3. The zero-order chi connectivity index (χ0) is 30.8. The maximum atomic E-state index is 14.7. The highest BCUT2D eigenvalue weighted by atomic mass is 19.1. The van der Waals surface area contributed by atoms with Gasteiger partial charge in [-0.3, -0.25) is 14.4 Å². The van der Waals surface area contributed by atoms with Gasteiger partial charge in [0.25, 0.3) is 5.91 Å². The number of ketones is 1. The summed E-state index contributed by atoms with van der Waals surface area (Å²) >= 11 is 0. The predicted octanol–water partition coefficient (Wildman–Crippen LogP) is 5.55. The molecule has 1 N–H and O–H groups in total. The van der Waals surface area contributed by atoms with Crippen molar-refractivity contribution in [3.05, 3.63) is 143 Å². The highest BCUT2D eigenvalue weighted by molar-refractivity contribution is 6.04. The maximum Gasteiger partial charge on any atom is 0.255 e. The van der Waals surface area contributed by atoms with Crippen LogP contribution < -0.4 is 5.32 Å². The Hall–Kier alpha value is -4.69. The average molecular weight is 594 g/mol. The van der Waals surface area contributed by atoms with Crippen molar-refractivity contribution in [1.82, 2.24) is 15.1 Å². The summed E-state index contributed by atoms with van der Waals surface area (Å²) in [7, 11) is 0. The van der Waals surface area contributed by atoms with E-state index >= 15 is 0 Å². The third kappa shape index (κ3) is 5.65. The van der Waals surface area contributed by atoms with Crippen LogP contribution in [0.3, 0.4) is 0 Å². The number of hydrogen-bond donors (Lipinski definition) is 1. The minimum atomic E-state index is -1.08. The molecule has 4 unspecified atom stereocenters. The molecule has 0 bridgehead atoms. The van der Waals surface area contributed by atoms with Crippen LogP contribution in [0.5, 0.6) is 0 Å². The lowest BCUT2D eigenvalue weighted by Gasteiger charge is -2.36. The standard InChI is InChI=1S/C36H33F2N3O3/c1-23-6-5-9-27(22-23)34(42)31-30(24-10-14-28(37)15-11-24)33(36(44)40-20-18-39-19-21-40)41(35(43)26-7-3-2-4-8-26)32(31)25-12-16-29(38)17-13-25/h2-17,22,30-33,39H,18-21H2,1H3. The van der Waals surface area contributed by atoms with Gasteiger partial charge in [0.1, 0.15) is 17.7 Å². The largest absolute Gasteiger partial charge is 0.338 e. The topological polar surface area (TPSA) is 69.7 Å². The Bertz CT molecular complexity index is 1650. The van der Waals surface area contributed by atoms with Crippen LogP contribution in [0.4, 0.5) is 8.78 Å². The lowest BCUT2D eigenvalue weighted by Crippen LogP contribution is -2.54. The van der Waals surface area contributed by atoms with Crippen LogP contribution in [0.25, 0.3) is 0 Å². The van der Waals surface area contributed by atoms with Crippen molar-refractivity contribution in [1.29, 1.82) is 0 Å². The Morgan fingerprint density at radius 1 is 0.727 bits per heavy atom. The number of piperazine rings is 1. The van der Waals surface area contributed by atoms with E-state index in [1.54, 1.807) is 77.7 Å². The third-order valence-electron chi connectivity index (χ3n) is 8.68. The number of rotatable bonds is 6. The highest BCUT2D eigenvalue weighted by Gasteiger charge is 2.58. The summed E-state index contributed by atoms with van der Waals surface area (Å²) in [6.45, 7) is 3.97. The van der Waals surface area contributed by atoms with Crippen molar-refractivity contribution in [2.45, 2.75) is 24.9 Å².